The maximum atomic E-state index is 12.2. The van der Waals surface area contributed by atoms with Crippen LogP contribution in [0, 0.1) is 5.92 Å². The lowest BCUT2D eigenvalue weighted by Gasteiger charge is -2.25. The zero-order chi connectivity index (χ0) is 15.9. The van der Waals surface area contributed by atoms with E-state index in [1.165, 1.54) is 12.1 Å². The zero-order valence-electron chi connectivity index (χ0n) is 13.0. The molecule has 120 valence electrons. The largest absolute Gasteiger partial charge is 0.478 e. The van der Waals surface area contributed by atoms with Gasteiger partial charge in [-0.3, -0.25) is 4.79 Å². The van der Waals surface area contributed by atoms with Crippen molar-refractivity contribution in [2.75, 3.05) is 26.8 Å². The lowest BCUT2D eigenvalue weighted by atomic mass is 9.96. The lowest BCUT2D eigenvalue weighted by molar-refractivity contribution is -0.129. The second-order valence-corrected chi connectivity index (χ2v) is 5.84. The molecule has 5 heteroatoms. The molecule has 1 heterocycles. The van der Waals surface area contributed by atoms with E-state index < -0.39 is 5.97 Å². The summed E-state index contributed by atoms with van der Waals surface area (Å²) < 4.78 is 5.34. The van der Waals surface area contributed by atoms with Crippen molar-refractivity contribution >= 4 is 11.9 Å². The van der Waals surface area contributed by atoms with Crippen LogP contribution in [0.4, 0.5) is 0 Å². The second-order valence-electron chi connectivity index (χ2n) is 5.84. The number of carboxylic acids is 1. The summed E-state index contributed by atoms with van der Waals surface area (Å²) in [4.78, 5) is 24.7. The Morgan fingerprint density at radius 1 is 1.23 bits per heavy atom. The summed E-state index contributed by atoms with van der Waals surface area (Å²) in [5, 5.41) is 8.86. The third kappa shape index (κ3) is 4.84. The van der Waals surface area contributed by atoms with E-state index in [1.54, 1.807) is 17.0 Å². The van der Waals surface area contributed by atoms with Gasteiger partial charge in [-0.2, -0.15) is 0 Å². The van der Waals surface area contributed by atoms with E-state index in [0.717, 1.165) is 44.6 Å². The molecule has 0 bridgehead atoms. The third-order valence-electron chi connectivity index (χ3n) is 4.20. The number of rotatable bonds is 6. The monoisotopic (exact) mass is 305 g/mol. The van der Waals surface area contributed by atoms with Crippen molar-refractivity contribution < 1.29 is 19.4 Å². The van der Waals surface area contributed by atoms with Gasteiger partial charge in [0.1, 0.15) is 0 Å². The highest BCUT2D eigenvalue weighted by Crippen LogP contribution is 2.18. The first kappa shape index (κ1) is 16.5. The number of nitrogens with zero attached hydrogens (tertiary/aromatic N) is 1. The molecule has 2 rings (SSSR count). The molecule has 1 amide bonds. The van der Waals surface area contributed by atoms with Gasteiger partial charge in [0.2, 0.25) is 5.91 Å². The molecule has 1 saturated heterocycles. The number of likely N-dealkylation sites (N-methyl/N-ethyl adjacent to an activating group) is 1. The summed E-state index contributed by atoms with van der Waals surface area (Å²) in [5.41, 5.74) is 1.08. The van der Waals surface area contributed by atoms with Crippen LogP contribution < -0.4 is 0 Å². The van der Waals surface area contributed by atoms with Gasteiger partial charge in [0.25, 0.3) is 0 Å². The van der Waals surface area contributed by atoms with E-state index in [9.17, 15) is 9.59 Å². The average molecular weight is 305 g/mol. The molecule has 22 heavy (non-hydrogen) atoms. The van der Waals surface area contributed by atoms with Crippen molar-refractivity contribution in [1.82, 2.24) is 4.90 Å². The maximum absolute atomic E-state index is 12.2. The Labute approximate surface area is 130 Å². The molecular weight excluding hydrogens is 282 g/mol. The molecule has 5 nitrogen and oxygen atoms in total. The smallest absolute Gasteiger partial charge is 0.335 e. The molecular formula is C17H23NO4. The fourth-order valence-electron chi connectivity index (χ4n) is 2.61. The van der Waals surface area contributed by atoms with Gasteiger partial charge in [0.05, 0.1) is 12.0 Å². The van der Waals surface area contributed by atoms with Crippen molar-refractivity contribution in [2.24, 2.45) is 5.92 Å². The van der Waals surface area contributed by atoms with Crippen LogP contribution in [0.2, 0.25) is 0 Å². The Bertz CT molecular complexity index is 506. The molecule has 1 aromatic rings. The van der Waals surface area contributed by atoms with Gasteiger partial charge >= 0.3 is 5.97 Å². The standard InChI is InChI=1S/C17H23NO4/c1-18(9-6-13-7-10-22-11-8-13)16(19)12-14-2-4-15(5-3-14)17(20)21/h2-5,13H,6-12H2,1H3,(H,20,21). The van der Waals surface area contributed by atoms with E-state index in [1.807, 2.05) is 7.05 Å². The summed E-state index contributed by atoms with van der Waals surface area (Å²) in [7, 11) is 1.83. The molecule has 1 aliphatic rings. The Kier molecular flexibility index (Phi) is 5.95. The van der Waals surface area contributed by atoms with Crippen molar-refractivity contribution in [3.8, 4) is 0 Å². The fourth-order valence-corrected chi connectivity index (χ4v) is 2.61. The number of carbonyl (C=O) groups excluding carboxylic acids is 1. The number of hydrogen-bond acceptors (Lipinski definition) is 3. The minimum Gasteiger partial charge on any atom is -0.478 e. The highest BCUT2D eigenvalue weighted by molar-refractivity contribution is 5.87. The number of carbonyl (C=O) groups is 2. The van der Waals surface area contributed by atoms with Gasteiger partial charge in [0.15, 0.2) is 0 Å². The number of amides is 1. The molecule has 0 atom stereocenters. The molecule has 1 N–H and O–H groups in total. The van der Waals surface area contributed by atoms with Crippen LogP contribution in [0.5, 0.6) is 0 Å². The number of aromatic carboxylic acids is 1. The van der Waals surface area contributed by atoms with Crippen molar-refractivity contribution in [3.05, 3.63) is 35.4 Å². The van der Waals surface area contributed by atoms with Gasteiger partial charge < -0.3 is 14.7 Å². The molecule has 1 aromatic carbocycles. The third-order valence-corrected chi connectivity index (χ3v) is 4.20. The highest BCUT2D eigenvalue weighted by Gasteiger charge is 2.16. The summed E-state index contributed by atoms with van der Waals surface area (Å²) in [5.74, 6) is -0.236. The number of ether oxygens (including phenoxy) is 1. The Morgan fingerprint density at radius 3 is 2.45 bits per heavy atom. The molecule has 0 radical (unpaired) electrons. The number of carboxylic acid groups (broad SMARTS) is 1. The van der Waals surface area contributed by atoms with Crippen molar-refractivity contribution in [1.29, 1.82) is 0 Å². The highest BCUT2D eigenvalue weighted by atomic mass is 16.5. The normalized spacial score (nSPS) is 15.5. The molecule has 1 fully saturated rings. The predicted octanol–water partition coefficient (Wildman–Crippen LogP) is 2.20. The van der Waals surface area contributed by atoms with E-state index >= 15 is 0 Å². The summed E-state index contributed by atoms with van der Waals surface area (Å²) >= 11 is 0. The zero-order valence-corrected chi connectivity index (χ0v) is 13.0. The van der Waals surface area contributed by atoms with Gasteiger partial charge in [-0.1, -0.05) is 12.1 Å². The molecule has 0 spiro atoms. The van der Waals surface area contributed by atoms with Crippen LogP contribution in [-0.2, 0) is 16.0 Å². The van der Waals surface area contributed by atoms with Gasteiger partial charge in [-0.15, -0.1) is 0 Å². The first-order valence-electron chi connectivity index (χ1n) is 7.70. The summed E-state index contributed by atoms with van der Waals surface area (Å²) in [6.45, 7) is 2.42. The average Bonchev–Trinajstić information content (AvgIpc) is 2.54. The summed E-state index contributed by atoms with van der Waals surface area (Å²) in [6.07, 6.45) is 3.49. The van der Waals surface area contributed by atoms with Crippen LogP contribution in [0.25, 0.3) is 0 Å². The number of benzene rings is 1. The van der Waals surface area contributed by atoms with Crippen LogP contribution in [-0.4, -0.2) is 48.7 Å². The van der Waals surface area contributed by atoms with Crippen LogP contribution in [0.3, 0.4) is 0 Å². The van der Waals surface area contributed by atoms with E-state index in [4.69, 9.17) is 9.84 Å². The fraction of sp³-hybridized carbons (Fsp3) is 0.529. The number of hydrogen-bond donors (Lipinski definition) is 1. The van der Waals surface area contributed by atoms with Gasteiger partial charge in [0, 0.05) is 26.8 Å². The lowest BCUT2D eigenvalue weighted by Crippen LogP contribution is -2.31. The topological polar surface area (TPSA) is 66.8 Å². The van der Waals surface area contributed by atoms with Crippen molar-refractivity contribution in [3.63, 3.8) is 0 Å². The second kappa shape index (κ2) is 7.94. The molecule has 1 aliphatic heterocycles. The van der Waals surface area contributed by atoms with E-state index in [2.05, 4.69) is 0 Å². The Hall–Kier alpha value is -1.88. The molecule has 0 unspecified atom stereocenters. The van der Waals surface area contributed by atoms with Crippen LogP contribution >= 0.6 is 0 Å². The summed E-state index contributed by atoms with van der Waals surface area (Å²) in [6, 6.07) is 6.47. The Morgan fingerprint density at radius 2 is 1.86 bits per heavy atom. The van der Waals surface area contributed by atoms with Gasteiger partial charge in [-0.25, -0.2) is 4.79 Å². The van der Waals surface area contributed by atoms with Crippen LogP contribution in [0.1, 0.15) is 35.2 Å². The Balaban J connectivity index is 1.78. The molecule has 0 aliphatic carbocycles. The van der Waals surface area contributed by atoms with Crippen LogP contribution in [0.15, 0.2) is 24.3 Å². The minimum atomic E-state index is -0.952. The van der Waals surface area contributed by atoms with E-state index in [0.29, 0.717) is 12.3 Å². The first-order chi connectivity index (χ1) is 10.6. The first-order valence-corrected chi connectivity index (χ1v) is 7.70. The molecule has 0 saturated carbocycles. The predicted molar refractivity (Wildman–Crippen MR) is 82.9 cm³/mol. The molecule has 0 aromatic heterocycles. The minimum absolute atomic E-state index is 0.0649. The van der Waals surface area contributed by atoms with E-state index in [-0.39, 0.29) is 11.5 Å². The van der Waals surface area contributed by atoms with Crippen molar-refractivity contribution in [2.45, 2.75) is 25.7 Å². The maximum Gasteiger partial charge on any atom is 0.335 e. The quantitative estimate of drug-likeness (QED) is 0.875. The SMILES string of the molecule is CN(CCC1CCOCC1)C(=O)Cc1ccc(C(=O)O)cc1. The van der Waals surface area contributed by atoms with Gasteiger partial charge in [-0.05, 0) is 42.9 Å².